The van der Waals surface area contributed by atoms with Crippen LogP contribution in [0.5, 0.6) is 0 Å². The van der Waals surface area contributed by atoms with Gasteiger partial charge in [-0.2, -0.15) is 5.10 Å². The molecule has 4 aromatic rings. The molecule has 2 N–H and O–H groups in total. The van der Waals surface area contributed by atoms with Gasteiger partial charge in [-0.3, -0.25) is 39.1 Å². The smallest absolute Gasteiger partial charge is 0.264 e. The molecular formula is C33H33N7O4. The van der Waals surface area contributed by atoms with E-state index in [1.807, 2.05) is 29.3 Å². The molecule has 2 aromatic heterocycles. The van der Waals surface area contributed by atoms with Crippen molar-refractivity contribution >= 4 is 40.3 Å². The molecule has 2 fully saturated rings. The maximum Gasteiger partial charge on any atom is 0.264 e. The number of hydrogen-bond acceptors (Lipinski definition) is 8. The van der Waals surface area contributed by atoms with Crippen molar-refractivity contribution in [1.29, 1.82) is 0 Å². The third kappa shape index (κ3) is 5.34. The number of aryl methyl sites for hydroxylation is 1. The van der Waals surface area contributed by atoms with Crippen LogP contribution in [0.1, 0.15) is 83.6 Å². The Morgan fingerprint density at radius 3 is 2.59 bits per heavy atom. The molecule has 7 rings (SSSR count). The molecule has 2 aromatic carbocycles. The van der Waals surface area contributed by atoms with E-state index < -0.39 is 29.7 Å². The normalized spacial score (nSPS) is 18.2. The van der Waals surface area contributed by atoms with Gasteiger partial charge in [0.05, 0.1) is 40.2 Å². The number of hydrogen-bond donors (Lipinski definition) is 2. The monoisotopic (exact) mass is 591 g/mol. The largest absolute Gasteiger partial charge is 0.384 e. The van der Waals surface area contributed by atoms with Gasteiger partial charge in [-0.1, -0.05) is 31.0 Å². The lowest BCUT2D eigenvalue weighted by Crippen LogP contribution is -2.54. The standard InChI is InChI=1S/C33H33N7O4/c41-28-14-13-27(31(42)38-28)40-32(43)23-8-6-9-24(29(23)33(40)44)34-15-3-1-2-4-16-39-19-21(17-36-39)26-18-35-25-10-5-7-22(20-11-12-20)30(25)37-26/h5-10,17-20,27,34H,1-4,11-16H2,(H,38,41,42). The summed E-state index contributed by atoms with van der Waals surface area (Å²) in [5.74, 6) is -1.39. The average molecular weight is 592 g/mol. The molecule has 0 bridgehead atoms. The molecule has 4 heterocycles. The third-order valence-electron chi connectivity index (χ3n) is 8.65. The summed E-state index contributed by atoms with van der Waals surface area (Å²) in [6.45, 7) is 1.45. The van der Waals surface area contributed by atoms with Gasteiger partial charge < -0.3 is 5.32 Å². The minimum atomic E-state index is -0.973. The Morgan fingerprint density at radius 2 is 1.75 bits per heavy atom. The Bertz CT molecular complexity index is 1790. The second-order valence-electron chi connectivity index (χ2n) is 11.8. The van der Waals surface area contributed by atoms with E-state index in [1.165, 1.54) is 18.4 Å². The SMILES string of the molecule is O=C1CCC(N2C(=O)c3cccc(NCCCCCCn4cc(-c5cnc6cccc(C7CC7)c6n5)cn4)c3C2=O)C(=O)N1. The average Bonchev–Trinajstić information content (AvgIpc) is 3.71. The molecule has 1 saturated carbocycles. The highest BCUT2D eigenvalue weighted by Gasteiger charge is 2.45. The topological polar surface area (TPSA) is 139 Å². The van der Waals surface area contributed by atoms with Gasteiger partial charge in [0.1, 0.15) is 6.04 Å². The van der Waals surface area contributed by atoms with Gasteiger partial charge >= 0.3 is 0 Å². The summed E-state index contributed by atoms with van der Waals surface area (Å²) in [6.07, 6.45) is 12.3. The van der Waals surface area contributed by atoms with E-state index in [4.69, 9.17) is 4.98 Å². The number of carbonyl (C=O) groups is 4. The Morgan fingerprint density at radius 1 is 0.909 bits per heavy atom. The molecule has 1 atom stereocenters. The molecule has 0 radical (unpaired) electrons. The molecule has 1 aliphatic carbocycles. The van der Waals surface area contributed by atoms with Gasteiger partial charge in [0.25, 0.3) is 11.8 Å². The lowest BCUT2D eigenvalue weighted by atomic mass is 10.0. The van der Waals surface area contributed by atoms with Crippen LogP contribution in [-0.4, -0.2) is 60.9 Å². The number of piperidine rings is 1. The lowest BCUT2D eigenvalue weighted by molar-refractivity contribution is -0.136. The van der Waals surface area contributed by atoms with Gasteiger partial charge in [0.15, 0.2) is 0 Å². The number of anilines is 1. The first-order valence-corrected chi connectivity index (χ1v) is 15.3. The summed E-state index contributed by atoms with van der Waals surface area (Å²) in [5.41, 5.74) is 6.19. The summed E-state index contributed by atoms with van der Waals surface area (Å²) in [4.78, 5) is 60.7. The van der Waals surface area contributed by atoms with Crippen LogP contribution in [0, 0.1) is 0 Å². The summed E-state index contributed by atoms with van der Waals surface area (Å²) in [6, 6.07) is 10.4. The minimum absolute atomic E-state index is 0.0940. The molecule has 3 aliphatic rings. The van der Waals surface area contributed by atoms with Gasteiger partial charge in [-0.25, -0.2) is 4.98 Å². The highest BCUT2D eigenvalue weighted by Crippen LogP contribution is 2.42. The van der Waals surface area contributed by atoms with Gasteiger partial charge in [-0.05, 0) is 61.8 Å². The van der Waals surface area contributed by atoms with Gasteiger partial charge in [0.2, 0.25) is 11.8 Å². The maximum atomic E-state index is 13.2. The highest BCUT2D eigenvalue weighted by molar-refractivity contribution is 6.25. The van der Waals surface area contributed by atoms with Crippen molar-refractivity contribution in [1.82, 2.24) is 30.0 Å². The molecule has 11 nitrogen and oxygen atoms in total. The molecule has 44 heavy (non-hydrogen) atoms. The fourth-order valence-corrected chi connectivity index (χ4v) is 6.17. The molecule has 224 valence electrons. The number of unbranched alkanes of at least 4 members (excludes halogenated alkanes) is 3. The number of benzene rings is 2. The van der Waals surface area contributed by atoms with E-state index in [0.717, 1.165) is 59.4 Å². The quantitative estimate of drug-likeness (QED) is 0.193. The number of nitrogens with one attached hydrogen (secondary N) is 2. The van der Waals surface area contributed by atoms with E-state index in [2.05, 4.69) is 32.8 Å². The highest BCUT2D eigenvalue weighted by atomic mass is 16.2. The van der Waals surface area contributed by atoms with Crippen molar-refractivity contribution in [2.45, 2.75) is 69.9 Å². The number of nitrogens with zero attached hydrogens (tertiary/aromatic N) is 5. The molecular weight excluding hydrogens is 558 g/mol. The van der Waals surface area contributed by atoms with E-state index >= 15 is 0 Å². The van der Waals surface area contributed by atoms with Crippen LogP contribution in [0.4, 0.5) is 5.69 Å². The summed E-state index contributed by atoms with van der Waals surface area (Å²) < 4.78 is 1.95. The number of fused-ring (bicyclic) bond motifs is 2. The second-order valence-corrected chi connectivity index (χ2v) is 11.8. The van der Waals surface area contributed by atoms with Gasteiger partial charge in [-0.15, -0.1) is 0 Å². The van der Waals surface area contributed by atoms with Crippen molar-refractivity contribution in [2.75, 3.05) is 11.9 Å². The molecule has 1 unspecified atom stereocenters. The van der Waals surface area contributed by atoms with Crippen LogP contribution in [0.15, 0.2) is 55.0 Å². The Balaban J connectivity index is 0.891. The zero-order valence-electron chi connectivity index (χ0n) is 24.3. The van der Waals surface area contributed by atoms with E-state index in [1.54, 1.807) is 18.2 Å². The lowest BCUT2D eigenvalue weighted by Gasteiger charge is -2.27. The third-order valence-corrected chi connectivity index (χ3v) is 8.65. The maximum absolute atomic E-state index is 13.2. The van der Waals surface area contributed by atoms with E-state index in [-0.39, 0.29) is 24.0 Å². The first kappa shape index (κ1) is 27.9. The summed E-state index contributed by atoms with van der Waals surface area (Å²) in [7, 11) is 0. The van der Waals surface area contributed by atoms with Crippen LogP contribution in [-0.2, 0) is 16.1 Å². The number of carbonyl (C=O) groups excluding carboxylic acids is 4. The van der Waals surface area contributed by atoms with Crippen LogP contribution in [0.25, 0.3) is 22.3 Å². The van der Waals surface area contributed by atoms with Crippen molar-refractivity contribution in [3.05, 3.63) is 71.7 Å². The van der Waals surface area contributed by atoms with Gasteiger partial charge in [0, 0.05) is 37.0 Å². The number of imide groups is 2. The second kappa shape index (κ2) is 11.6. The van der Waals surface area contributed by atoms with E-state index in [0.29, 0.717) is 18.2 Å². The van der Waals surface area contributed by atoms with Crippen molar-refractivity contribution in [3.63, 3.8) is 0 Å². The van der Waals surface area contributed by atoms with Crippen molar-refractivity contribution in [3.8, 4) is 11.3 Å². The van der Waals surface area contributed by atoms with Crippen molar-refractivity contribution < 1.29 is 19.2 Å². The number of rotatable bonds is 11. The summed E-state index contributed by atoms with van der Waals surface area (Å²) in [5, 5.41) is 10.1. The summed E-state index contributed by atoms with van der Waals surface area (Å²) >= 11 is 0. The fourth-order valence-electron chi connectivity index (χ4n) is 6.17. The van der Waals surface area contributed by atoms with Crippen LogP contribution in [0.2, 0.25) is 0 Å². The molecule has 1 saturated heterocycles. The minimum Gasteiger partial charge on any atom is -0.384 e. The number of aromatic nitrogens is 4. The predicted octanol–water partition coefficient (Wildman–Crippen LogP) is 4.44. The number of para-hydroxylation sites is 1. The van der Waals surface area contributed by atoms with Crippen LogP contribution in [0.3, 0.4) is 0 Å². The Labute approximate surface area is 254 Å². The molecule has 2 aliphatic heterocycles. The zero-order chi connectivity index (χ0) is 30.2. The first-order chi connectivity index (χ1) is 21.5. The zero-order valence-corrected chi connectivity index (χ0v) is 24.3. The Kier molecular flexibility index (Phi) is 7.37. The molecule has 4 amide bonds. The fraction of sp³-hybridized carbons (Fsp3) is 0.364. The predicted molar refractivity (Wildman–Crippen MR) is 163 cm³/mol. The molecule has 0 spiro atoms. The van der Waals surface area contributed by atoms with E-state index in [9.17, 15) is 19.2 Å². The van der Waals surface area contributed by atoms with Crippen LogP contribution < -0.4 is 10.6 Å². The molecule has 11 heteroatoms. The first-order valence-electron chi connectivity index (χ1n) is 15.3. The Hall–Kier alpha value is -4.93. The van der Waals surface area contributed by atoms with Crippen LogP contribution >= 0.6 is 0 Å². The number of amides is 4. The van der Waals surface area contributed by atoms with Crippen molar-refractivity contribution in [2.24, 2.45) is 0 Å².